The first kappa shape index (κ1) is 17.3. The van der Waals surface area contributed by atoms with Gasteiger partial charge in [-0.1, -0.05) is 17.7 Å². The lowest BCUT2D eigenvalue weighted by Gasteiger charge is -2.18. The second kappa shape index (κ2) is 6.76. The molecule has 0 radical (unpaired) electrons. The quantitative estimate of drug-likeness (QED) is 0.526. The first-order valence-corrected chi connectivity index (χ1v) is 8.30. The van der Waals surface area contributed by atoms with Crippen LogP contribution in [0, 0.1) is 6.92 Å². The Hall–Kier alpha value is -2.53. The molecule has 0 spiro atoms. The van der Waals surface area contributed by atoms with E-state index in [2.05, 4.69) is 0 Å². The zero-order chi connectivity index (χ0) is 18.1. The number of carbonyl (C=O) groups is 1. The number of fused-ring (bicyclic) bond motifs is 2. The van der Waals surface area contributed by atoms with E-state index >= 15 is 0 Å². The van der Waals surface area contributed by atoms with E-state index < -0.39 is 5.97 Å². The molecule has 25 heavy (non-hydrogen) atoms. The molecule has 0 fully saturated rings. The lowest BCUT2D eigenvalue weighted by atomic mass is 10.1. The van der Waals surface area contributed by atoms with Crippen LogP contribution >= 0.6 is 11.6 Å². The lowest BCUT2D eigenvalue weighted by molar-refractivity contribution is -0.141. The van der Waals surface area contributed by atoms with Crippen molar-refractivity contribution in [3.8, 4) is 5.75 Å². The molecule has 0 saturated carbocycles. The third kappa shape index (κ3) is 2.96. The summed E-state index contributed by atoms with van der Waals surface area (Å²) in [6.07, 6.45) is 0. The standard InChI is InChI=1S/C19H18ClNO4/c1-4-25-19-14(20)8-7-13-17(19)21(10-16(22)24-3)15-9-11(2)5-6-12(15)18(13)23/h5-9H,4,10H2,1-3H3. The summed E-state index contributed by atoms with van der Waals surface area (Å²) >= 11 is 6.30. The molecule has 0 amide bonds. The molecule has 0 bridgehead atoms. The van der Waals surface area contributed by atoms with E-state index in [1.165, 1.54) is 7.11 Å². The van der Waals surface area contributed by atoms with Gasteiger partial charge < -0.3 is 14.0 Å². The van der Waals surface area contributed by atoms with Gasteiger partial charge in [-0.3, -0.25) is 9.59 Å². The van der Waals surface area contributed by atoms with Crippen molar-refractivity contribution in [1.29, 1.82) is 0 Å². The van der Waals surface area contributed by atoms with Crippen LogP contribution in [0.4, 0.5) is 0 Å². The molecule has 0 saturated heterocycles. The summed E-state index contributed by atoms with van der Waals surface area (Å²) in [5.74, 6) is -0.0266. The Morgan fingerprint density at radius 2 is 1.92 bits per heavy atom. The molecule has 0 aliphatic rings. The number of hydrogen-bond acceptors (Lipinski definition) is 4. The third-order valence-electron chi connectivity index (χ3n) is 4.09. The smallest absolute Gasteiger partial charge is 0.325 e. The van der Waals surface area contributed by atoms with Crippen molar-refractivity contribution in [2.75, 3.05) is 13.7 Å². The predicted octanol–water partition coefficient (Wildman–Crippen LogP) is 3.69. The second-order valence-corrected chi connectivity index (χ2v) is 6.12. The van der Waals surface area contributed by atoms with Gasteiger partial charge in [-0.2, -0.15) is 0 Å². The highest BCUT2D eigenvalue weighted by Gasteiger charge is 2.19. The molecule has 1 aromatic heterocycles. The van der Waals surface area contributed by atoms with Crippen LogP contribution < -0.4 is 10.2 Å². The van der Waals surface area contributed by atoms with Gasteiger partial charge in [-0.05, 0) is 43.7 Å². The van der Waals surface area contributed by atoms with Gasteiger partial charge in [0.2, 0.25) is 0 Å². The third-order valence-corrected chi connectivity index (χ3v) is 4.39. The summed E-state index contributed by atoms with van der Waals surface area (Å²) in [6.45, 7) is 4.10. The first-order chi connectivity index (χ1) is 12.0. The normalized spacial score (nSPS) is 11.0. The average Bonchev–Trinajstić information content (AvgIpc) is 2.60. The second-order valence-electron chi connectivity index (χ2n) is 5.72. The number of nitrogens with zero attached hydrogens (tertiary/aromatic N) is 1. The van der Waals surface area contributed by atoms with Crippen LogP contribution in [0.25, 0.3) is 21.8 Å². The summed E-state index contributed by atoms with van der Waals surface area (Å²) in [6, 6.07) is 8.82. The molecule has 5 nitrogen and oxygen atoms in total. The average molecular weight is 360 g/mol. The Morgan fingerprint density at radius 3 is 2.60 bits per heavy atom. The molecule has 0 aliphatic carbocycles. The van der Waals surface area contributed by atoms with E-state index in [4.69, 9.17) is 21.1 Å². The van der Waals surface area contributed by atoms with Gasteiger partial charge in [0.1, 0.15) is 6.54 Å². The number of benzene rings is 2. The molecule has 0 unspecified atom stereocenters. The van der Waals surface area contributed by atoms with Gasteiger partial charge in [0.05, 0.1) is 35.2 Å². The minimum absolute atomic E-state index is 0.0480. The molecule has 0 atom stereocenters. The summed E-state index contributed by atoms with van der Waals surface area (Å²) in [5.41, 5.74) is 2.00. The molecule has 3 rings (SSSR count). The molecule has 0 aliphatic heterocycles. The molecule has 2 aromatic carbocycles. The van der Waals surface area contributed by atoms with Crippen LogP contribution in [-0.4, -0.2) is 24.3 Å². The molecular formula is C19H18ClNO4. The van der Waals surface area contributed by atoms with Crippen LogP contribution in [-0.2, 0) is 16.1 Å². The van der Waals surface area contributed by atoms with Crippen molar-refractivity contribution < 1.29 is 14.3 Å². The predicted molar refractivity (Wildman–Crippen MR) is 98.6 cm³/mol. The van der Waals surface area contributed by atoms with Crippen molar-refractivity contribution >= 4 is 39.4 Å². The maximum absolute atomic E-state index is 12.9. The largest absolute Gasteiger partial charge is 0.490 e. The number of aryl methyl sites for hydroxylation is 1. The van der Waals surface area contributed by atoms with E-state index in [1.54, 1.807) is 22.8 Å². The highest BCUT2D eigenvalue weighted by molar-refractivity contribution is 6.33. The Labute approximate surface area is 149 Å². The molecule has 130 valence electrons. The van der Waals surface area contributed by atoms with Crippen LogP contribution in [0.2, 0.25) is 5.02 Å². The van der Waals surface area contributed by atoms with Crippen LogP contribution in [0.3, 0.4) is 0 Å². The molecule has 6 heteroatoms. The number of pyridine rings is 1. The summed E-state index contributed by atoms with van der Waals surface area (Å²) in [7, 11) is 1.33. The number of esters is 1. The summed E-state index contributed by atoms with van der Waals surface area (Å²) < 4.78 is 12.3. The summed E-state index contributed by atoms with van der Waals surface area (Å²) in [5, 5.41) is 1.37. The van der Waals surface area contributed by atoms with Gasteiger partial charge in [0.25, 0.3) is 0 Å². The number of carbonyl (C=O) groups excluding carboxylic acids is 1. The van der Waals surface area contributed by atoms with Gasteiger partial charge in [0.15, 0.2) is 11.2 Å². The fourth-order valence-electron chi connectivity index (χ4n) is 2.96. The van der Waals surface area contributed by atoms with Crippen LogP contribution in [0.5, 0.6) is 5.75 Å². The first-order valence-electron chi connectivity index (χ1n) is 7.93. The fourth-order valence-corrected chi connectivity index (χ4v) is 3.17. The topological polar surface area (TPSA) is 57.5 Å². The minimum Gasteiger partial charge on any atom is -0.490 e. The van der Waals surface area contributed by atoms with Crippen molar-refractivity contribution in [1.82, 2.24) is 4.57 Å². The van der Waals surface area contributed by atoms with E-state index in [1.807, 2.05) is 26.0 Å². The zero-order valence-corrected chi connectivity index (χ0v) is 15.0. The minimum atomic E-state index is -0.421. The highest BCUT2D eigenvalue weighted by Crippen LogP contribution is 2.34. The van der Waals surface area contributed by atoms with E-state index in [-0.39, 0.29) is 12.0 Å². The van der Waals surface area contributed by atoms with Gasteiger partial charge in [-0.15, -0.1) is 0 Å². The number of rotatable bonds is 4. The van der Waals surface area contributed by atoms with Crippen LogP contribution in [0.15, 0.2) is 35.1 Å². The molecular weight excluding hydrogens is 342 g/mol. The van der Waals surface area contributed by atoms with Crippen LogP contribution in [0.1, 0.15) is 12.5 Å². The number of halogens is 1. The fraction of sp³-hybridized carbons (Fsp3) is 0.263. The van der Waals surface area contributed by atoms with E-state index in [0.717, 1.165) is 5.56 Å². The van der Waals surface area contributed by atoms with Crippen molar-refractivity contribution in [2.24, 2.45) is 0 Å². The van der Waals surface area contributed by atoms with Crippen molar-refractivity contribution in [2.45, 2.75) is 20.4 Å². The van der Waals surface area contributed by atoms with Crippen molar-refractivity contribution in [3.63, 3.8) is 0 Å². The van der Waals surface area contributed by atoms with Gasteiger partial charge in [0, 0.05) is 5.39 Å². The zero-order valence-electron chi connectivity index (χ0n) is 14.3. The Bertz CT molecular complexity index is 1040. The SMILES string of the molecule is CCOc1c(Cl)ccc2c(=O)c3ccc(C)cc3n(CC(=O)OC)c12. The van der Waals surface area contributed by atoms with Gasteiger partial charge in [-0.25, -0.2) is 0 Å². The molecule has 3 aromatic rings. The number of aromatic nitrogens is 1. The monoisotopic (exact) mass is 359 g/mol. The van der Waals surface area contributed by atoms with Crippen molar-refractivity contribution in [3.05, 3.63) is 51.1 Å². The molecule has 0 N–H and O–H groups in total. The number of hydrogen-bond donors (Lipinski definition) is 0. The van der Waals surface area contributed by atoms with E-state index in [0.29, 0.717) is 39.2 Å². The Balaban J connectivity index is 2.55. The summed E-state index contributed by atoms with van der Waals surface area (Å²) in [4.78, 5) is 24.9. The lowest BCUT2D eigenvalue weighted by Crippen LogP contribution is -2.18. The number of methoxy groups -OCH3 is 1. The Kier molecular flexibility index (Phi) is 4.68. The molecule has 1 heterocycles. The maximum atomic E-state index is 12.9. The Morgan fingerprint density at radius 1 is 1.20 bits per heavy atom. The van der Waals surface area contributed by atoms with Gasteiger partial charge >= 0.3 is 5.97 Å². The number of ether oxygens (including phenoxy) is 2. The maximum Gasteiger partial charge on any atom is 0.325 e. The highest BCUT2D eigenvalue weighted by atomic mass is 35.5. The van der Waals surface area contributed by atoms with E-state index in [9.17, 15) is 9.59 Å².